The summed E-state index contributed by atoms with van der Waals surface area (Å²) in [4.78, 5) is 16.3. The molecule has 0 saturated heterocycles. The minimum absolute atomic E-state index is 0.235. The molecule has 0 atom stereocenters. The maximum absolute atomic E-state index is 13.0. The first-order valence-electron chi connectivity index (χ1n) is 5.79. The Kier molecular flexibility index (Phi) is 4.45. The van der Waals surface area contributed by atoms with Gasteiger partial charge in [-0.15, -0.1) is 0 Å². The van der Waals surface area contributed by atoms with Gasteiger partial charge < -0.3 is 0 Å². The maximum Gasteiger partial charge on any atom is 0.209 e. The van der Waals surface area contributed by atoms with Crippen LogP contribution in [0.3, 0.4) is 0 Å². The minimum atomic E-state index is -0.323. The highest BCUT2D eigenvalue weighted by Gasteiger charge is 2.21. The van der Waals surface area contributed by atoms with Gasteiger partial charge in [0.25, 0.3) is 0 Å². The van der Waals surface area contributed by atoms with Crippen molar-refractivity contribution in [1.82, 2.24) is 9.55 Å². The third-order valence-electron chi connectivity index (χ3n) is 2.72. The van der Waals surface area contributed by atoms with E-state index in [-0.39, 0.29) is 17.3 Å². The summed E-state index contributed by atoms with van der Waals surface area (Å²) >= 11 is 7.60. The van der Waals surface area contributed by atoms with Crippen LogP contribution in [0.1, 0.15) is 23.2 Å². The number of imidazole rings is 1. The van der Waals surface area contributed by atoms with E-state index in [1.165, 1.54) is 12.1 Å². The highest BCUT2D eigenvalue weighted by Crippen LogP contribution is 2.26. The van der Waals surface area contributed by atoms with Crippen molar-refractivity contribution in [2.45, 2.75) is 12.7 Å². The molecule has 0 radical (unpaired) electrons. The Hall–Kier alpha value is -1.40. The van der Waals surface area contributed by atoms with Crippen molar-refractivity contribution in [3.05, 3.63) is 58.4 Å². The topological polar surface area (TPSA) is 34.9 Å². The van der Waals surface area contributed by atoms with E-state index in [0.29, 0.717) is 27.4 Å². The normalized spacial score (nSPS) is 10.6. The number of nitrogens with zero attached hydrogens (tertiary/aromatic N) is 2. The number of aromatic nitrogens is 2. The molecule has 0 fully saturated rings. The third-order valence-corrected chi connectivity index (χ3v) is 3.73. The zero-order chi connectivity index (χ0) is 14.9. The molecule has 1 heterocycles. The summed E-state index contributed by atoms with van der Waals surface area (Å²) in [5.74, 6) is 0.382. The van der Waals surface area contributed by atoms with Crippen molar-refractivity contribution in [2.24, 2.45) is 0 Å². The van der Waals surface area contributed by atoms with Gasteiger partial charge in [-0.2, -0.15) is 12.6 Å². The molecule has 1 aromatic heterocycles. The maximum atomic E-state index is 13.0. The number of benzene rings is 1. The van der Waals surface area contributed by atoms with E-state index in [2.05, 4.69) is 40.1 Å². The number of carbonyl (C=O) groups is 1. The molecule has 0 amide bonds. The van der Waals surface area contributed by atoms with Crippen LogP contribution in [0.4, 0.5) is 4.39 Å². The lowest BCUT2D eigenvalue weighted by Crippen LogP contribution is -2.02. The van der Waals surface area contributed by atoms with Crippen LogP contribution in [0, 0.1) is 5.82 Å². The van der Waals surface area contributed by atoms with Crippen molar-refractivity contribution in [2.75, 3.05) is 0 Å². The van der Waals surface area contributed by atoms with Crippen LogP contribution >= 0.6 is 28.6 Å². The average molecular weight is 355 g/mol. The van der Waals surface area contributed by atoms with Gasteiger partial charge >= 0.3 is 0 Å². The van der Waals surface area contributed by atoms with Gasteiger partial charge in [-0.05, 0) is 52.7 Å². The molecule has 104 valence electrons. The number of rotatable bonds is 4. The van der Waals surface area contributed by atoms with Crippen LogP contribution in [0.5, 0.6) is 0 Å². The Morgan fingerprint density at radius 2 is 2.05 bits per heavy atom. The van der Waals surface area contributed by atoms with Crippen LogP contribution < -0.4 is 0 Å². The summed E-state index contributed by atoms with van der Waals surface area (Å²) in [5.41, 5.74) is 1.39. The molecule has 3 nitrogen and oxygen atoms in total. The number of ketones is 1. The summed E-state index contributed by atoms with van der Waals surface area (Å²) < 4.78 is 15.2. The van der Waals surface area contributed by atoms with E-state index >= 15 is 0 Å². The van der Waals surface area contributed by atoms with Crippen molar-refractivity contribution in [1.29, 1.82) is 0 Å². The summed E-state index contributed by atoms with van der Waals surface area (Å²) in [5, 5.41) is 0. The van der Waals surface area contributed by atoms with Gasteiger partial charge in [0.15, 0.2) is 0 Å². The van der Waals surface area contributed by atoms with Crippen molar-refractivity contribution < 1.29 is 9.18 Å². The van der Waals surface area contributed by atoms with E-state index in [1.807, 2.05) is 0 Å². The number of thiol groups is 1. The molecule has 0 aliphatic carbocycles. The second-order valence-electron chi connectivity index (χ2n) is 4.25. The van der Waals surface area contributed by atoms with Crippen LogP contribution in [-0.2, 0) is 5.75 Å². The number of allylic oxidation sites excluding steroid dienone is 1. The Morgan fingerprint density at radius 3 is 2.55 bits per heavy atom. The molecule has 0 saturated carbocycles. The molecule has 0 aliphatic heterocycles. The average Bonchev–Trinajstić information content (AvgIpc) is 2.76. The van der Waals surface area contributed by atoms with E-state index in [1.54, 1.807) is 23.6 Å². The third kappa shape index (κ3) is 2.71. The Bertz CT molecular complexity index is 679. The highest BCUT2D eigenvalue weighted by atomic mass is 79.9. The van der Waals surface area contributed by atoms with E-state index < -0.39 is 0 Å². The van der Waals surface area contributed by atoms with Crippen LogP contribution in [0.25, 0.3) is 5.69 Å². The monoisotopic (exact) mass is 354 g/mol. The smallest absolute Gasteiger partial charge is 0.209 e. The summed E-state index contributed by atoms with van der Waals surface area (Å²) in [6.45, 7) is 5.26. The molecular weight excluding hydrogens is 343 g/mol. The summed E-state index contributed by atoms with van der Waals surface area (Å²) in [6, 6.07) is 5.93. The van der Waals surface area contributed by atoms with Crippen molar-refractivity contribution in [3.63, 3.8) is 0 Å². The number of carbonyl (C=O) groups excluding carboxylic acids is 1. The zero-order valence-corrected chi connectivity index (χ0v) is 13.2. The first kappa shape index (κ1) is 15.0. The lowest BCUT2D eigenvalue weighted by Gasteiger charge is -2.07. The van der Waals surface area contributed by atoms with Crippen LogP contribution in [0.2, 0.25) is 0 Å². The molecule has 0 spiro atoms. The Labute approximate surface area is 130 Å². The van der Waals surface area contributed by atoms with Gasteiger partial charge in [0.05, 0.1) is 0 Å². The first-order valence-corrected chi connectivity index (χ1v) is 7.22. The van der Waals surface area contributed by atoms with E-state index in [9.17, 15) is 9.18 Å². The summed E-state index contributed by atoms with van der Waals surface area (Å²) in [7, 11) is 0. The quantitative estimate of drug-likeness (QED) is 0.512. The predicted molar refractivity (Wildman–Crippen MR) is 83.1 cm³/mol. The van der Waals surface area contributed by atoms with Gasteiger partial charge in [0.2, 0.25) is 5.78 Å². The van der Waals surface area contributed by atoms with E-state index in [4.69, 9.17) is 0 Å². The largest absolute Gasteiger partial charge is 0.289 e. The van der Waals surface area contributed by atoms with Gasteiger partial charge in [-0.1, -0.05) is 6.58 Å². The van der Waals surface area contributed by atoms with Crippen molar-refractivity contribution >= 4 is 34.3 Å². The molecule has 20 heavy (non-hydrogen) atoms. The fraction of sp³-hybridized carbons (Fsp3) is 0.143. The molecule has 6 heteroatoms. The Balaban J connectivity index is 2.61. The molecular formula is C14H12BrFN2OS. The minimum Gasteiger partial charge on any atom is -0.289 e. The molecule has 0 unspecified atom stereocenters. The second-order valence-corrected chi connectivity index (χ2v) is 5.31. The highest BCUT2D eigenvalue weighted by molar-refractivity contribution is 9.10. The number of halogens is 2. The fourth-order valence-electron chi connectivity index (χ4n) is 1.75. The van der Waals surface area contributed by atoms with Crippen LogP contribution in [-0.4, -0.2) is 15.3 Å². The van der Waals surface area contributed by atoms with Crippen molar-refractivity contribution in [3.8, 4) is 5.69 Å². The SMILES string of the molecule is C=C(C)C(=O)c1nc(CS)n(-c2ccc(F)cc2)c1Br. The van der Waals surface area contributed by atoms with Gasteiger partial charge in [0, 0.05) is 11.4 Å². The predicted octanol–water partition coefficient (Wildman–Crippen LogP) is 3.96. The second kappa shape index (κ2) is 5.93. The number of hydrogen-bond donors (Lipinski definition) is 1. The molecule has 2 rings (SSSR count). The molecule has 1 aromatic carbocycles. The fourth-order valence-corrected chi connectivity index (χ4v) is 2.64. The summed E-state index contributed by atoms with van der Waals surface area (Å²) in [6.07, 6.45) is 0. The number of hydrogen-bond acceptors (Lipinski definition) is 3. The molecule has 0 N–H and O–H groups in total. The molecule has 2 aromatic rings. The lowest BCUT2D eigenvalue weighted by molar-refractivity contribution is 0.103. The standard InChI is InChI=1S/C14H12BrFN2OS/c1-8(2)13(19)12-14(15)18(11(7-20)17-12)10-5-3-9(16)4-6-10/h3-6,20H,1,7H2,2H3. The van der Waals surface area contributed by atoms with Gasteiger partial charge in [0.1, 0.15) is 21.9 Å². The van der Waals surface area contributed by atoms with E-state index in [0.717, 1.165) is 0 Å². The first-order chi connectivity index (χ1) is 9.45. The zero-order valence-electron chi connectivity index (χ0n) is 10.7. The molecule has 0 aliphatic rings. The Morgan fingerprint density at radius 1 is 1.45 bits per heavy atom. The van der Waals surface area contributed by atoms with Gasteiger partial charge in [-0.3, -0.25) is 9.36 Å². The number of Topliss-reactive ketones (excluding diaryl/α,β-unsaturated/α-hetero) is 1. The lowest BCUT2D eigenvalue weighted by atomic mass is 10.2. The molecule has 0 bridgehead atoms. The van der Waals surface area contributed by atoms with Crippen LogP contribution in [0.15, 0.2) is 41.0 Å². The van der Waals surface area contributed by atoms with Gasteiger partial charge in [-0.25, -0.2) is 9.37 Å².